The molecule has 1 heterocycles. The first-order valence-corrected chi connectivity index (χ1v) is 6.83. The van der Waals surface area contributed by atoms with Crippen molar-refractivity contribution in [2.45, 2.75) is 34.1 Å². The SMILES string of the molecule is CC1CC(C)CN(CC(C)(C)CBr)C1. The van der Waals surface area contributed by atoms with Crippen molar-refractivity contribution < 1.29 is 0 Å². The zero-order chi connectivity index (χ0) is 10.8. The molecule has 0 saturated carbocycles. The van der Waals surface area contributed by atoms with Crippen molar-refractivity contribution in [3.05, 3.63) is 0 Å². The summed E-state index contributed by atoms with van der Waals surface area (Å²) in [5, 5.41) is 1.10. The second-order valence-electron chi connectivity index (χ2n) is 5.94. The van der Waals surface area contributed by atoms with Crippen LogP contribution in [0.1, 0.15) is 34.1 Å². The average molecular weight is 262 g/mol. The molecule has 0 aliphatic carbocycles. The number of piperidine rings is 1. The molecular formula is C12H24BrN. The molecule has 1 aliphatic rings. The normalized spacial score (nSPS) is 30.6. The number of hydrogen-bond donors (Lipinski definition) is 0. The van der Waals surface area contributed by atoms with E-state index in [1.54, 1.807) is 0 Å². The van der Waals surface area contributed by atoms with Crippen LogP contribution in [-0.2, 0) is 0 Å². The summed E-state index contributed by atoms with van der Waals surface area (Å²) in [5.74, 6) is 1.76. The molecule has 14 heavy (non-hydrogen) atoms. The van der Waals surface area contributed by atoms with Gasteiger partial charge in [0.05, 0.1) is 0 Å². The van der Waals surface area contributed by atoms with Gasteiger partial charge in [0.25, 0.3) is 0 Å². The molecular weight excluding hydrogens is 238 g/mol. The van der Waals surface area contributed by atoms with Crippen molar-refractivity contribution in [1.29, 1.82) is 0 Å². The van der Waals surface area contributed by atoms with E-state index in [1.165, 1.54) is 26.1 Å². The van der Waals surface area contributed by atoms with Gasteiger partial charge < -0.3 is 4.90 Å². The Hall–Kier alpha value is 0.440. The van der Waals surface area contributed by atoms with E-state index in [0.29, 0.717) is 5.41 Å². The van der Waals surface area contributed by atoms with Gasteiger partial charge in [-0.25, -0.2) is 0 Å². The lowest BCUT2D eigenvalue weighted by Gasteiger charge is -2.39. The Morgan fingerprint density at radius 1 is 1.21 bits per heavy atom. The van der Waals surface area contributed by atoms with Gasteiger partial charge in [-0.05, 0) is 23.7 Å². The van der Waals surface area contributed by atoms with Crippen molar-refractivity contribution in [3.8, 4) is 0 Å². The third-order valence-electron chi connectivity index (χ3n) is 2.96. The van der Waals surface area contributed by atoms with Crippen LogP contribution < -0.4 is 0 Å². The van der Waals surface area contributed by atoms with E-state index >= 15 is 0 Å². The number of rotatable bonds is 3. The molecule has 0 aromatic rings. The van der Waals surface area contributed by atoms with Crippen LogP contribution >= 0.6 is 15.9 Å². The van der Waals surface area contributed by atoms with Crippen molar-refractivity contribution in [2.75, 3.05) is 25.0 Å². The molecule has 1 rings (SSSR count). The first-order valence-electron chi connectivity index (χ1n) is 5.71. The van der Waals surface area contributed by atoms with Gasteiger partial charge in [-0.15, -0.1) is 0 Å². The van der Waals surface area contributed by atoms with E-state index in [9.17, 15) is 0 Å². The Labute approximate surface area is 97.4 Å². The minimum Gasteiger partial charge on any atom is -0.302 e. The van der Waals surface area contributed by atoms with Crippen LogP contribution in [0.15, 0.2) is 0 Å². The number of hydrogen-bond acceptors (Lipinski definition) is 1. The fourth-order valence-corrected chi connectivity index (χ4v) is 2.75. The van der Waals surface area contributed by atoms with Gasteiger partial charge in [0.15, 0.2) is 0 Å². The van der Waals surface area contributed by atoms with E-state index in [2.05, 4.69) is 48.5 Å². The quantitative estimate of drug-likeness (QED) is 0.705. The maximum atomic E-state index is 3.60. The van der Waals surface area contributed by atoms with Crippen LogP contribution in [-0.4, -0.2) is 29.9 Å². The molecule has 2 unspecified atom stereocenters. The fraction of sp³-hybridized carbons (Fsp3) is 1.00. The van der Waals surface area contributed by atoms with Crippen molar-refractivity contribution in [2.24, 2.45) is 17.3 Å². The van der Waals surface area contributed by atoms with Crippen LogP contribution in [0, 0.1) is 17.3 Å². The highest BCUT2D eigenvalue weighted by molar-refractivity contribution is 9.09. The van der Waals surface area contributed by atoms with E-state index < -0.39 is 0 Å². The predicted octanol–water partition coefficient (Wildman–Crippen LogP) is 3.39. The van der Waals surface area contributed by atoms with Gasteiger partial charge in [0, 0.05) is 25.0 Å². The van der Waals surface area contributed by atoms with Crippen LogP contribution in [0.4, 0.5) is 0 Å². The number of halogens is 1. The monoisotopic (exact) mass is 261 g/mol. The highest BCUT2D eigenvalue weighted by atomic mass is 79.9. The van der Waals surface area contributed by atoms with Gasteiger partial charge in [-0.1, -0.05) is 43.6 Å². The van der Waals surface area contributed by atoms with Gasteiger partial charge in [0.2, 0.25) is 0 Å². The second-order valence-corrected chi connectivity index (χ2v) is 6.50. The zero-order valence-electron chi connectivity index (χ0n) is 10.0. The lowest BCUT2D eigenvalue weighted by atomic mass is 9.89. The summed E-state index contributed by atoms with van der Waals surface area (Å²) in [6.07, 6.45) is 1.41. The summed E-state index contributed by atoms with van der Waals surface area (Å²) >= 11 is 3.60. The highest BCUT2D eigenvalue weighted by Gasteiger charge is 2.26. The van der Waals surface area contributed by atoms with Gasteiger partial charge in [0.1, 0.15) is 0 Å². The maximum Gasteiger partial charge on any atom is 0.00949 e. The molecule has 1 aliphatic heterocycles. The Kier molecular flexibility index (Phi) is 4.45. The summed E-state index contributed by atoms with van der Waals surface area (Å²) in [6, 6.07) is 0. The molecule has 0 bridgehead atoms. The molecule has 1 fully saturated rings. The Morgan fingerprint density at radius 2 is 1.71 bits per heavy atom. The topological polar surface area (TPSA) is 3.24 Å². The maximum absolute atomic E-state index is 3.60. The van der Waals surface area contributed by atoms with E-state index in [4.69, 9.17) is 0 Å². The van der Waals surface area contributed by atoms with E-state index in [0.717, 1.165) is 17.2 Å². The number of likely N-dealkylation sites (tertiary alicyclic amines) is 1. The summed E-state index contributed by atoms with van der Waals surface area (Å²) in [4.78, 5) is 2.64. The molecule has 1 nitrogen and oxygen atoms in total. The summed E-state index contributed by atoms with van der Waals surface area (Å²) < 4.78 is 0. The molecule has 1 saturated heterocycles. The van der Waals surface area contributed by atoms with Crippen molar-refractivity contribution in [3.63, 3.8) is 0 Å². The Morgan fingerprint density at radius 3 is 2.14 bits per heavy atom. The van der Waals surface area contributed by atoms with Gasteiger partial charge in [-0.3, -0.25) is 0 Å². The predicted molar refractivity (Wildman–Crippen MR) is 67.0 cm³/mol. The fourth-order valence-electron chi connectivity index (χ4n) is 2.57. The van der Waals surface area contributed by atoms with Crippen LogP contribution in [0.2, 0.25) is 0 Å². The van der Waals surface area contributed by atoms with Crippen LogP contribution in [0.3, 0.4) is 0 Å². The van der Waals surface area contributed by atoms with E-state index in [1.807, 2.05) is 0 Å². The van der Waals surface area contributed by atoms with Gasteiger partial charge in [-0.2, -0.15) is 0 Å². The smallest absolute Gasteiger partial charge is 0.00949 e. The molecule has 84 valence electrons. The second kappa shape index (κ2) is 4.98. The molecule has 0 spiro atoms. The van der Waals surface area contributed by atoms with Crippen molar-refractivity contribution in [1.82, 2.24) is 4.90 Å². The molecule has 0 aromatic heterocycles. The number of nitrogens with zero attached hydrogens (tertiary/aromatic N) is 1. The third kappa shape index (κ3) is 3.90. The van der Waals surface area contributed by atoms with Crippen LogP contribution in [0.5, 0.6) is 0 Å². The van der Waals surface area contributed by atoms with Crippen LogP contribution in [0.25, 0.3) is 0 Å². The summed E-state index contributed by atoms with van der Waals surface area (Å²) in [6.45, 7) is 13.2. The molecule has 0 aromatic carbocycles. The first kappa shape index (κ1) is 12.5. The largest absolute Gasteiger partial charge is 0.302 e. The minimum atomic E-state index is 0.413. The van der Waals surface area contributed by atoms with E-state index in [-0.39, 0.29) is 0 Å². The molecule has 0 radical (unpaired) electrons. The minimum absolute atomic E-state index is 0.413. The summed E-state index contributed by atoms with van der Waals surface area (Å²) in [7, 11) is 0. The third-order valence-corrected chi connectivity index (χ3v) is 4.48. The summed E-state index contributed by atoms with van der Waals surface area (Å²) in [5.41, 5.74) is 0.413. The number of alkyl halides is 1. The Balaban J connectivity index is 2.44. The zero-order valence-corrected chi connectivity index (χ0v) is 11.6. The highest BCUT2D eigenvalue weighted by Crippen LogP contribution is 2.26. The molecule has 0 N–H and O–H groups in total. The lowest BCUT2D eigenvalue weighted by molar-refractivity contribution is 0.105. The standard InChI is InChI=1S/C12H24BrN/c1-10-5-11(2)7-14(6-10)9-12(3,4)8-13/h10-11H,5-9H2,1-4H3. The first-order chi connectivity index (χ1) is 6.43. The molecule has 2 heteroatoms. The Bertz CT molecular complexity index is 169. The molecule has 0 amide bonds. The van der Waals surface area contributed by atoms with Crippen molar-refractivity contribution >= 4 is 15.9 Å². The van der Waals surface area contributed by atoms with Gasteiger partial charge >= 0.3 is 0 Å². The lowest BCUT2D eigenvalue weighted by Crippen LogP contribution is -2.43. The average Bonchev–Trinajstić information content (AvgIpc) is 2.01. The molecule has 2 atom stereocenters.